The van der Waals surface area contributed by atoms with Crippen LogP contribution in [0.4, 0.5) is 5.69 Å². The molecule has 3 rings (SSSR count). The summed E-state index contributed by atoms with van der Waals surface area (Å²) in [5.41, 5.74) is 1.93. The van der Waals surface area contributed by atoms with Crippen LogP contribution in [0.1, 0.15) is 12.0 Å². The lowest BCUT2D eigenvalue weighted by Crippen LogP contribution is -2.37. The van der Waals surface area contributed by atoms with Crippen molar-refractivity contribution in [1.82, 2.24) is 4.72 Å². The summed E-state index contributed by atoms with van der Waals surface area (Å²) in [5.74, 6) is 0. The number of para-hydroxylation sites is 1. The Balaban J connectivity index is 1.76. The molecule has 1 fully saturated rings. The first-order valence-corrected chi connectivity index (χ1v) is 9.34. The number of hydrogen-bond donors (Lipinski definition) is 1. The van der Waals surface area contributed by atoms with E-state index in [1.54, 1.807) is 24.3 Å². The summed E-state index contributed by atoms with van der Waals surface area (Å²) in [4.78, 5) is 13.6. The molecule has 2 aromatic carbocycles. The van der Waals surface area contributed by atoms with Crippen molar-refractivity contribution < 1.29 is 13.2 Å². The first-order valence-electron chi connectivity index (χ1n) is 7.85. The Morgan fingerprint density at radius 2 is 1.75 bits per heavy atom. The van der Waals surface area contributed by atoms with E-state index in [2.05, 4.69) is 4.72 Å². The maximum Gasteiger partial charge on any atom is 0.240 e. The van der Waals surface area contributed by atoms with Crippen LogP contribution in [-0.4, -0.2) is 33.3 Å². The monoisotopic (exact) mass is 344 g/mol. The SMILES string of the molecule is Cc1ccc(S(=O)(=O)N[C@H]2C[C@@H](C=O)N(c3ccccc3)C2)cc1. The summed E-state index contributed by atoms with van der Waals surface area (Å²) in [5, 5.41) is 0. The number of aryl methyl sites for hydroxylation is 1. The molecule has 1 N–H and O–H groups in total. The number of nitrogens with zero attached hydrogens (tertiary/aromatic N) is 1. The third kappa shape index (κ3) is 3.49. The second-order valence-electron chi connectivity index (χ2n) is 6.06. The number of carbonyl (C=O) groups excluding carboxylic acids is 1. The van der Waals surface area contributed by atoms with Crippen molar-refractivity contribution in [3.8, 4) is 0 Å². The van der Waals surface area contributed by atoms with E-state index in [1.807, 2.05) is 42.2 Å². The van der Waals surface area contributed by atoms with E-state index in [9.17, 15) is 13.2 Å². The lowest BCUT2D eigenvalue weighted by Gasteiger charge is -2.22. The van der Waals surface area contributed by atoms with Crippen LogP contribution in [-0.2, 0) is 14.8 Å². The van der Waals surface area contributed by atoms with E-state index in [4.69, 9.17) is 0 Å². The highest BCUT2D eigenvalue weighted by atomic mass is 32.2. The average Bonchev–Trinajstić information content (AvgIpc) is 2.98. The maximum absolute atomic E-state index is 12.5. The molecule has 0 spiro atoms. The Morgan fingerprint density at radius 1 is 1.08 bits per heavy atom. The minimum atomic E-state index is -3.59. The van der Waals surface area contributed by atoms with Gasteiger partial charge in [0.2, 0.25) is 10.0 Å². The fourth-order valence-corrected chi connectivity index (χ4v) is 4.24. The predicted octanol–water partition coefficient (Wildman–Crippen LogP) is 2.12. The average molecular weight is 344 g/mol. The van der Waals surface area contributed by atoms with Gasteiger partial charge in [-0.1, -0.05) is 35.9 Å². The molecule has 24 heavy (non-hydrogen) atoms. The molecule has 1 saturated heterocycles. The number of benzene rings is 2. The molecule has 1 aliphatic heterocycles. The number of nitrogens with one attached hydrogen (secondary N) is 1. The van der Waals surface area contributed by atoms with Crippen LogP contribution in [0.5, 0.6) is 0 Å². The Labute approximate surface area is 142 Å². The van der Waals surface area contributed by atoms with Crippen molar-refractivity contribution in [2.24, 2.45) is 0 Å². The van der Waals surface area contributed by atoms with Gasteiger partial charge in [-0.05, 0) is 37.6 Å². The fourth-order valence-electron chi connectivity index (χ4n) is 3.00. The van der Waals surface area contributed by atoms with Gasteiger partial charge in [-0.25, -0.2) is 13.1 Å². The number of aldehydes is 1. The molecule has 1 aliphatic rings. The lowest BCUT2D eigenvalue weighted by atomic mass is 10.2. The van der Waals surface area contributed by atoms with Crippen LogP contribution < -0.4 is 9.62 Å². The molecular formula is C18H20N2O3S. The van der Waals surface area contributed by atoms with Crippen LogP contribution in [0.15, 0.2) is 59.5 Å². The Morgan fingerprint density at radius 3 is 2.38 bits per heavy atom. The largest absolute Gasteiger partial charge is 0.360 e. The zero-order valence-electron chi connectivity index (χ0n) is 13.4. The third-order valence-electron chi connectivity index (χ3n) is 4.24. The van der Waals surface area contributed by atoms with E-state index < -0.39 is 10.0 Å². The van der Waals surface area contributed by atoms with Crippen molar-refractivity contribution in [1.29, 1.82) is 0 Å². The quantitative estimate of drug-likeness (QED) is 0.844. The zero-order valence-corrected chi connectivity index (χ0v) is 14.2. The highest BCUT2D eigenvalue weighted by Crippen LogP contribution is 2.25. The van der Waals surface area contributed by atoms with Gasteiger partial charge >= 0.3 is 0 Å². The molecule has 0 saturated carbocycles. The molecule has 0 aromatic heterocycles. The predicted molar refractivity (Wildman–Crippen MR) is 93.5 cm³/mol. The van der Waals surface area contributed by atoms with Crippen LogP contribution >= 0.6 is 0 Å². The highest BCUT2D eigenvalue weighted by molar-refractivity contribution is 7.89. The minimum Gasteiger partial charge on any atom is -0.360 e. The van der Waals surface area contributed by atoms with Gasteiger partial charge in [0.1, 0.15) is 6.29 Å². The molecule has 2 aromatic rings. The van der Waals surface area contributed by atoms with E-state index in [-0.39, 0.29) is 17.0 Å². The second-order valence-corrected chi connectivity index (χ2v) is 7.77. The van der Waals surface area contributed by atoms with E-state index in [0.717, 1.165) is 17.5 Å². The lowest BCUT2D eigenvalue weighted by molar-refractivity contribution is -0.108. The summed E-state index contributed by atoms with van der Waals surface area (Å²) in [6.45, 7) is 2.38. The van der Waals surface area contributed by atoms with E-state index in [0.29, 0.717) is 13.0 Å². The van der Waals surface area contributed by atoms with Crippen LogP contribution in [0.25, 0.3) is 0 Å². The van der Waals surface area contributed by atoms with Gasteiger partial charge in [-0.3, -0.25) is 0 Å². The van der Waals surface area contributed by atoms with E-state index >= 15 is 0 Å². The molecular weight excluding hydrogens is 324 g/mol. The summed E-state index contributed by atoms with van der Waals surface area (Å²) >= 11 is 0. The molecule has 2 atom stereocenters. The van der Waals surface area contributed by atoms with Crippen molar-refractivity contribution >= 4 is 22.0 Å². The molecule has 1 heterocycles. The standard InChI is InChI=1S/C18H20N2O3S/c1-14-7-9-18(10-8-14)24(22,23)19-15-11-17(13-21)20(12-15)16-5-3-2-4-6-16/h2-10,13,15,17,19H,11-12H2,1H3/t15-,17-/m0/s1. The first kappa shape index (κ1) is 16.7. The third-order valence-corrected chi connectivity index (χ3v) is 5.78. The molecule has 126 valence electrons. The van der Waals surface area contributed by atoms with Gasteiger partial charge in [-0.2, -0.15) is 0 Å². The highest BCUT2D eigenvalue weighted by Gasteiger charge is 2.34. The molecule has 5 nitrogen and oxygen atoms in total. The van der Waals surface area contributed by atoms with Crippen LogP contribution in [0.2, 0.25) is 0 Å². The second kappa shape index (κ2) is 6.75. The number of carbonyl (C=O) groups is 1. The van der Waals surface area contributed by atoms with Crippen molar-refractivity contribution in [3.05, 3.63) is 60.2 Å². The van der Waals surface area contributed by atoms with Gasteiger partial charge in [0, 0.05) is 18.3 Å². The first-order chi connectivity index (χ1) is 11.5. The van der Waals surface area contributed by atoms with Crippen LogP contribution in [0, 0.1) is 6.92 Å². The topological polar surface area (TPSA) is 66.5 Å². The Kier molecular flexibility index (Phi) is 4.69. The number of anilines is 1. The normalized spacial score (nSPS) is 21.0. The Bertz CT molecular complexity index is 804. The maximum atomic E-state index is 12.5. The number of sulfonamides is 1. The van der Waals surface area contributed by atoms with E-state index in [1.165, 1.54) is 0 Å². The summed E-state index contributed by atoms with van der Waals surface area (Å²) in [6, 6.07) is 15.7. The summed E-state index contributed by atoms with van der Waals surface area (Å²) in [7, 11) is -3.59. The summed E-state index contributed by atoms with van der Waals surface area (Å²) < 4.78 is 27.8. The van der Waals surface area contributed by atoms with Crippen LogP contribution in [0.3, 0.4) is 0 Å². The van der Waals surface area contributed by atoms with Crippen molar-refractivity contribution in [3.63, 3.8) is 0 Å². The Hall–Kier alpha value is -2.18. The van der Waals surface area contributed by atoms with Gasteiger partial charge < -0.3 is 9.69 Å². The molecule has 0 bridgehead atoms. The van der Waals surface area contributed by atoms with Gasteiger partial charge in [-0.15, -0.1) is 0 Å². The minimum absolute atomic E-state index is 0.244. The fraction of sp³-hybridized carbons (Fsp3) is 0.278. The molecule has 0 aliphatic carbocycles. The van der Waals surface area contributed by atoms with Crippen molar-refractivity contribution in [2.45, 2.75) is 30.3 Å². The molecule has 0 radical (unpaired) electrons. The molecule has 0 unspecified atom stereocenters. The number of rotatable bonds is 5. The zero-order chi connectivity index (χ0) is 17.2. The van der Waals surface area contributed by atoms with Gasteiger partial charge in [0.05, 0.1) is 10.9 Å². The van der Waals surface area contributed by atoms with Gasteiger partial charge in [0.15, 0.2) is 0 Å². The summed E-state index contributed by atoms with van der Waals surface area (Å²) in [6.07, 6.45) is 1.34. The molecule has 0 amide bonds. The molecule has 6 heteroatoms. The smallest absolute Gasteiger partial charge is 0.240 e. The van der Waals surface area contributed by atoms with Gasteiger partial charge in [0.25, 0.3) is 0 Å². The van der Waals surface area contributed by atoms with Crippen molar-refractivity contribution in [2.75, 3.05) is 11.4 Å². The number of hydrogen-bond acceptors (Lipinski definition) is 4.